The molecular weight excluding hydrogens is 186 g/mol. The first kappa shape index (κ1) is 11.3. The van der Waals surface area contributed by atoms with E-state index < -0.39 is 0 Å². The van der Waals surface area contributed by atoms with E-state index in [4.69, 9.17) is 5.73 Å². The molecule has 0 saturated heterocycles. The summed E-state index contributed by atoms with van der Waals surface area (Å²) in [7, 11) is 0. The molecule has 80 valence electrons. The summed E-state index contributed by atoms with van der Waals surface area (Å²) < 4.78 is 0. The highest BCUT2D eigenvalue weighted by atomic mass is 15.2. The van der Waals surface area contributed by atoms with Gasteiger partial charge in [0.05, 0.1) is 5.69 Å². The van der Waals surface area contributed by atoms with Crippen LogP contribution in [0.1, 0.15) is 5.56 Å². The zero-order valence-corrected chi connectivity index (χ0v) is 9.11. The van der Waals surface area contributed by atoms with E-state index in [0.29, 0.717) is 18.8 Å². The molecule has 1 heterocycles. The van der Waals surface area contributed by atoms with E-state index in [1.807, 2.05) is 36.2 Å². The van der Waals surface area contributed by atoms with Gasteiger partial charge < -0.3 is 10.6 Å². The van der Waals surface area contributed by atoms with Crippen LogP contribution in [0, 0.1) is 6.92 Å². The van der Waals surface area contributed by atoms with Crippen molar-refractivity contribution in [3.05, 3.63) is 43.1 Å². The Bertz CT molecular complexity index is 348. The van der Waals surface area contributed by atoms with Crippen molar-refractivity contribution >= 4 is 11.5 Å². The highest BCUT2D eigenvalue weighted by Crippen LogP contribution is 2.20. The zero-order valence-electron chi connectivity index (χ0n) is 9.11. The van der Waals surface area contributed by atoms with Gasteiger partial charge in [0.2, 0.25) is 0 Å². The van der Waals surface area contributed by atoms with Gasteiger partial charge in [0.1, 0.15) is 0 Å². The van der Waals surface area contributed by atoms with Gasteiger partial charge in [-0.25, -0.2) is 4.98 Å². The van der Waals surface area contributed by atoms with E-state index in [0.717, 1.165) is 11.4 Å². The predicted octanol–water partition coefficient (Wildman–Crippen LogP) is 2.15. The number of nitrogens with zero attached hydrogens (tertiary/aromatic N) is 2. The molecule has 1 aromatic rings. The van der Waals surface area contributed by atoms with Gasteiger partial charge >= 0.3 is 0 Å². The Morgan fingerprint density at radius 2 is 2.00 bits per heavy atom. The van der Waals surface area contributed by atoms with Gasteiger partial charge in [-0.3, -0.25) is 0 Å². The molecule has 0 fully saturated rings. The molecule has 0 radical (unpaired) electrons. The molecule has 0 atom stereocenters. The molecule has 0 aliphatic carbocycles. The van der Waals surface area contributed by atoms with E-state index in [1.54, 1.807) is 0 Å². The second-order valence-corrected chi connectivity index (χ2v) is 3.41. The summed E-state index contributed by atoms with van der Waals surface area (Å²) >= 11 is 0. The molecule has 0 aliphatic rings. The lowest BCUT2D eigenvalue weighted by Gasteiger charge is -2.21. The lowest BCUT2D eigenvalue weighted by molar-refractivity contribution is 0.927. The van der Waals surface area contributed by atoms with E-state index in [1.165, 1.54) is 0 Å². The van der Waals surface area contributed by atoms with Gasteiger partial charge in [0, 0.05) is 19.3 Å². The summed E-state index contributed by atoms with van der Waals surface area (Å²) in [4.78, 5) is 6.34. The summed E-state index contributed by atoms with van der Waals surface area (Å²) in [6.45, 7) is 10.8. The lowest BCUT2D eigenvalue weighted by Crippen LogP contribution is -2.25. The van der Waals surface area contributed by atoms with Crippen LogP contribution in [0.4, 0.5) is 11.5 Å². The number of nitrogens with two attached hydrogens (primary N) is 1. The zero-order chi connectivity index (χ0) is 11.3. The largest absolute Gasteiger partial charge is 0.396 e. The minimum Gasteiger partial charge on any atom is -0.396 e. The number of aryl methyl sites for hydroxylation is 1. The molecule has 0 saturated carbocycles. The van der Waals surface area contributed by atoms with E-state index >= 15 is 0 Å². The molecule has 3 heteroatoms. The summed E-state index contributed by atoms with van der Waals surface area (Å²) in [5.74, 6) is 0.792. The number of aromatic nitrogens is 1. The molecule has 3 nitrogen and oxygen atoms in total. The molecule has 1 rings (SSSR count). The Balaban J connectivity index is 2.98. The molecule has 2 N–H and O–H groups in total. The van der Waals surface area contributed by atoms with Crippen molar-refractivity contribution in [3.8, 4) is 0 Å². The average Bonchev–Trinajstić information content (AvgIpc) is 2.17. The maximum Gasteiger partial charge on any atom is 0.152 e. The SMILES string of the molecule is C=CCN(CC=C)c1ncc(C)cc1N. The van der Waals surface area contributed by atoms with Crippen LogP contribution in [-0.4, -0.2) is 18.1 Å². The molecular formula is C12H17N3. The summed E-state index contributed by atoms with van der Waals surface area (Å²) in [5.41, 5.74) is 7.67. The first-order valence-corrected chi connectivity index (χ1v) is 4.88. The van der Waals surface area contributed by atoms with Gasteiger partial charge in [0.25, 0.3) is 0 Å². The highest BCUT2D eigenvalue weighted by Gasteiger charge is 2.08. The lowest BCUT2D eigenvalue weighted by atomic mass is 10.2. The third kappa shape index (κ3) is 2.84. The third-order valence-corrected chi connectivity index (χ3v) is 2.03. The minimum absolute atomic E-state index is 0.693. The maximum absolute atomic E-state index is 5.91. The maximum atomic E-state index is 5.91. The van der Waals surface area contributed by atoms with Crippen molar-refractivity contribution in [1.82, 2.24) is 4.98 Å². The van der Waals surface area contributed by atoms with Crippen LogP contribution >= 0.6 is 0 Å². The van der Waals surface area contributed by atoms with E-state index in [9.17, 15) is 0 Å². The summed E-state index contributed by atoms with van der Waals surface area (Å²) in [5, 5.41) is 0. The van der Waals surface area contributed by atoms with Crippen LogP contribution in [-0.2, 0) is 0 Å². The minimum atomic E-state index is 0.693. The quantitative estimate of drug-likeness (QED) is 0.746. The highest BCUT2D eigenvalue weighted by molar-refractivity contribution is 5.63. The second kappa shape index (κ2) is 5.20. The fraction of sp³-hybridized carbons (Fsp3) is 0.250. The van der Waals surface area contributed by atoms with Crippen LogP contribution in [0.25, 0.3) is 0 Å². The third-order valence-electron chi connectivity index (χ3n) is 2.03. The van der Waals surface area contributed by atoms with Crippen molar-refractivity contribution < 1.29 is 0 Å². The standard InChI is InChI=1S/C12H17N3/c1-4-6-15(7-5-2)12-11(13)8-10(3)9-14-12/h4-5,8-9H,1-2,6-7,13H2,3H3. The molecule has 0 aliphatic heterocycles. The van der Waals surface area contributed by atoms with Crippen molar-refractivity contribution in [2.24, 2.45) is 0 Å². The molecule has 0 amide bonds. The Kier molecular flexibility index (Phi) is 3.92. The van der Waals surface area contributed by atoms with Crippen LogP contribution in [0.5, 0.6) is 0 Å². The van der Waals surface area contributed by atoms with Crippen molar-refractivity contribution in [3.63, 3.8) is 0 Å². The number of rotatable bonds is 5. The molecule has 0 bridgehead atoms. The van der Waals surface area contributed by atoms with Gasteiger partial charge in [-0.1, -0.05) is 12.2 Å². The van der Waals surface area contributed by atoms with Crippen LogP contribution in [0.2, 0.25) is 0 Å². The smallest absolute Gasteiger partial charge is 0.152 e. The Labute approximate surface area is 90.9 Å². The fourth-order valence-corrected chi connectivity index (χ4v) is 1.41. The Hall–Kier alpha value is -1.77. The molecule has 0 spiro atoms. The molecule has 15 heavy (non-hydrogen) atoms. The number of pyridine rings is 1. The molecule has 1 aromatic heterocycles. The first-order chi connectivity index (χ1) is 7.19. The number of hydrogen-bond acceptors (Lipinski definition) is 3. The first-order valence-electron chi connectivity index (χ1n) is 4.88. The monoisotopic (exact) mass is 203 g/mol. The number of nitrogen functional groups attached to an aromatic ring is 1. The van der Waals surface area contributed by atoms with Crippen LogP contribution in [0.15, 0.2) is 37.6 Å². The van der Waals surface area contributed by atoms with Crippen molar-refractivity contribution in [2.45, 2.75) is 6.92 Å². The summed E-state index contributed by atoms with van der Waals surface area (Å²) in [6, 6.07) is 1.92. The molecule has 0 aromatic carbocycles. The molecule has 0 unspecified atom stereocenters. The number of anilines is 2. The predicted molar refractivity (Wildman–Crippen MR) is 66.0 cm³/mol. The van der Waals surface area contributed by atoms with E-state index in [-0.39, 0.29) is 0 Å². The summed E-state index contributed by atoms with van der Waals surface area (Å²) in [6.07, 6.45) is 5.46. The Morgan fingerprint density at radius 1 is 1.40 bits per heavy atom. The fourth-order valence-electron chi connectivity index (χ4n) is 1.41. The normalized spacial score (nSPS) is 9.67. The van der Waals surface area contributed by atoms with Crippen molar-refractivity contribution in [1.29, 1.82) is 0 Å². The number of hydrogen-bond donors (Lipinski definition) is 1. The van der Waals surface area contributed by atoms with E-state index in [2.05, 4.69) is 18.1 Å². The topological polar surface area (TPSA) is 42.2 Å². The van der Waals surface area contributed by atoms with Gasteiger partial charge in [0.15, 0.2) is 5.82 Å². The second-order valence-electron chi connectivity index (χ2n) is 3.41. The van der Waals surface area contributed by atoms with Gasteiger partial charge in [-0.05, 0) is 18.6 Å². The van der Waals surface area contributed by atoms with Crippen molar-refractivity contribution in [2.75, 3.05) is 23.7 Å². The van der Waals surface area contributed by atoms with Gasteiger partial charge in [-0.15, -0.1) is 13.2 Å². The van der Waals surface area contributed by atoms with Gasteiger partial charge in [-0.2, -0.15) is 0 Å². The van der Waals surface area contributed by atoms with Crippen LogP contribution in [0.3, 0.4) is 0 Å². The van der Waals surface area contributed by atoms with Crippen LogP contribution < -0.4 is 10.6 Å². The average molecular weight is 203 g/mol. The Morgan fingerprint density at radius 3 is 2.47 bits per heavy atom.